The highest BCUT2D eigenvalue weighted by Crippen LogP contribution is 2.28. The molecule has 3 rings (SSSR count). The minimum atomic E-state index is -0.194. The van der Waals surface area contributed by atoms with Gasteiger partial charge in [0.05, 0.1) is 11.4 Å². The van der Waals surface area contributed by atoms with E-state index in [-0.39, 0.29) is 5.91 Å². The van der Waals surface area contributed by atoms with Crippen molar-refractivity contribution < 1.29 is 4.79 Å². The predicted molar refractivity (Wildman–Crippen MR) is 112 cm³/mol. The number of carbonyl (C=O) groups excluding carboxylic acids is 1. The van der Waals surface area contributed by atoms with Crippen molar-refractivity contribution in [3.8, 4) is 0 Å². The van der Waals surface area contributed by atoms with Crippen molar-refractivity contribution in [2.24, 2.45) is 0 Å². The number of rotatable bonds is 4. The average molecular weight is 368 g/mol. The standard InChI is InChI=1S/C21H25N3OS/c1-2-16-10-12-17(13-11-16)20(25)23-21(26)22-18-8-4-5-9-19(18)24-14-6-3-7-15-24/h4-5,8-13H,2-3,6-7,14-15H2,1H3,(H2,22,23,25,26). The van der Waals surface area contributed by atoms with Crippen LogP contribution in [0.1, 0.15) is 42.1 Å². The van der Waals surface area contributed by atoms with Gasteiger partial charge in [-0.25, -0.2) is 0 Å². The second-order valence-corrected chi connectivity index (χ2v) is 6.93. The number of piperidine rings is 1. The van der Waals surface area contributed by atoms with E-state index in [1.165, 1.54) is 24.8 Å². The first kappa shape index (κ1) is 18.4. The van der Waals surface area contributed by atoms with E-state index >= 15 is 0 Å². The van der Waals surface area contributed by atoms with Gasteiger partial charge in [-0.05, 0) is 67.7 Å². The molecule has 1 aliphatic rings. The number of thiocarbonyl (C=S) groups is 1. The number of hydrogen-bond donors (Lipinski definition) is 2. The highest BCUT2D eigenvalue weighted by Gasteiger charge is 2.15. The van der Waals surface area contributed by atoms with Crippen LogP contribution in [-0.2, 0) is 6.42 Å². The zero-order valence-corrected chi connectivity index (χ0v) is 15.9. The van der Waals surface area contributed by atoms with Crippen LogP contribution in [0.3, 0.4) is 0 Å². The lowest BCUT2D eigenvalue weighted by Gasteiger charge is -2.30. The first-order valence-electron chi connectivity index (χ1n) is 9.22. The molecule has 0 aliphatic carbocycles. The molecule has 0 radical (unpaired) electrons. The zero-order valence-electron chi connectivity index (χ0n) is 15.1. The molecule has 0 unspecified atom stereocenters. The molecule has 1 amide bonds. The summed E-state index contributed by atoms with van der Waals surface area (Å²) in [5.74, 6) is -0.194. The summed E-state index contributed by atoms with van der Waals surface area (Å²) in [4.78, 5) is 14.8. The van der Waals surface area contributed by atoms with E-state index in [1.807, 2.05) is 42.5 Å². The van der Waals surface area contributed by atoms with Crippen LogP contribution < -0.4 is 15.5 Å². The van der Waals surface area contributed by atoms with Crippen LogP contribution in [-0.4, -0.2) is 24.1 Å². The first-order valence-corrected chi connectivity index (χ1v) is 9.63. The van der Waals surface area contributed by atoms with Gasteiger partial charge in [-0.2, -0.15) is 0 Å². The maximum atomic E-state index is 12.4. The molecule has 2 aromatic carbocycles. The molecule has 0 aromatic heterocycles. The lowest BCUT2D eigenvalue weighted by molar-refractivity contribution is 0.0977. The number of anilines is 2. The summed E-state index contributed by atoms with van der Waals surface area (Å²) in [6, 6.07) is 15.7. The second kappa shape index (κ2) is 8.81. The Hall–Kier alpha value is -2.40. The van der Waals surface area contributed by atoms with Crippen molar-refractivity contribution in [1.29, 1.82) is 0 Å². The molecule has 136 valence electrons. The van der Waals surface area contributed by atoms with Crippen molar-refractivity contribution in [3.63, 3.8) is 0 Å². The quantitative estimate of drug-likeness (QED) is 0.788. The number of benzene rings is 2. The summed E-state index contributed by atoms with van der Waals surface area (Å²) in [5, 5.41) is 6.28. The second-order valence-electron chi connectivity index (χ2n) is 6.52. The molecule has 0 atom stereocenters. The van der Waals surface area contributed by atoms with E-state index in [1.54, 1.807) is 0 Å². The largest absolute Gasteiger partial charge is 0.370 e. The van der Waals surface area contributed by atoms with Crippen LogP contribution in [0.2, 0.25) is 0 Å². The lowest BCUT2D eigenvalue weighted by atomic mass is 10.1. The fraction of sp³-hybridized carbons (Fsp3) is 0.333. The molecule has 2 N–H and O–H groups in total. The van der Waals surface area contributed by atoms with Crippen LogP contribution in [0.5, 0.6) is 0 Å². The van der Waals surface area contributed by atoms with Crippen LogP contribution in [0.25, 0.3) is 0 Å². The van der Waals surface area contributed by atoms with Crippen molar-refractivity contribution in [1.82, 2.24) is 5.32 Å². The van der Waals surface area contributed by atoms with Gasteiger partial charge in [0.1, 0.15) is 0 Å². The molecule has 0 saturated carbocycles. The van der Waals surface area contributed by atoms with Gasteiger partial charge < -0.3 is 10.2 Å². The molecule has 0 spiro atoms. The minimum absolute atomic E-state index is 0.194. The number of aryl methyl sites for hydroxylation is 1. The highest BCUT2D eigenvalue weighted by molar-refractivity contribution is 7.80. The number of carbonyl (C=O) groups is 1. The Morgan fingerprint density at radius 1 is 1.04 bits per heavy atom. The Labute approximate surface area is 160 Å². The third-order valence-electron chi connectivity index (χ3n) is 4.70. The van der Waals surface area contributed by atoms with Crippen molar-refractivity contribution >= 4 is 34.6 Å². The number of hydrogen-bond acceptors (Lipinski definition) is 3. The van der Waals surface area contributed by atoms with Gasteiger partial charge in [0, 0.05) is 18.7 Å². The molecule has 26 heavy (non-hydrogen) atoms. The molecule has 2 aromatic rings. The van der Waals surface area contributed by atoms with Crippen molar-refractivity contribution in [2.45, 2.75) is 32.6 Å². The smallest absolute Gasteiger partial charge is 0.257 e. The number of amides is 1. The van der Waals surface area contributed by atoms with Gasteiger partial charge in [-0.3, -0.25) is 10.1 Å². The molecule has 1 saturated heterocycles. The number of nitrogens with zero attached hydrogens (tertiary/aromatic N) is 1. The maximum absolute atomic E-state index is 12.4. The van der Waals surface area contributed by atoms with Gasteiger partial charge in [0.2, 0.25) is 0 Å². The Morgan fingerprint density at radius 3 is 2.42 bits per heavy atom. The third kappa shape index (κ3) is 4.61. The maximum Gasteiger partial charge on any atom is 0.257 e. The van der Waals surface area contributed by atoms with Crippen LogP contribution in [0.4, 0.5) is 11.4 Å². The Balaban J connectivity index is 1.65. The van der Waals surface area contributed by atoms with Crippen LogP contribution in [0.15, 0.2) is 48.5 Å². The molecular weight excluding hydrogens is 342 g/mol. The molecule has 4 nitrogen and oxygen atoms in total. The lowest BCUT2D eigenvalue weighted by Crippen LogP contribution is -2.35. The number of nitrogens with one attached hydrogen (secondary N) is 2. The van der Waals surface area contributed by atoms with Gasteiger partial charge in [0.15, 0.2) is 5.11 Å². The van der Waals surface area contributed by atoms with Gasteiger partial charge in [-0.15, -0.1) is 0 Å². The summed E-state index contributed by atoms with van der Waals surface area (Å²) in [7, 11) is 0. The fourth-order valence-corrected chi connectivity index (χ4v) is 3.41. The van der Waals surface area contributed by atoms with Crippen molar-refractivity contribution in [2.75, 3.05) is 23.3 Å². The molecule has 1 heterocycles. The van der Waals surface area contributed by atoms with Crippen molar-refractivity contribution in [3.05, 3.63) is 59.7 Å². The van der Waals surface area contributed by atoms with E-state index < -0.39 is 0 Å². The van der Waals surface area contributed by atoms with Gasteiger partial charge in [0.25, 0.3) is 5.91 Å². The van der Waals surface area contributed by atoms with Gasteiger partial charge in [-0.1, -0.05) is 31.2 Å². The molecule has 5 heteroatoms. The molecule has 0 bridgehead atoms. The normalized spacial score (nSPS) is 14.0. The van der Waals surface area contributed by atoms with E-state index in [4.69, 9.17) is 12.2 Å². The van der Waals surface area contributed by atoms with Crippen LogP contribution >= 0.6 is 12.2 Å². The fourth-order valence-electron chi connectivity index (χ4n) is 3.21. The molecule has 1 aliphatic heterocycles. The third-order valence-corrected chi connectivity index (χ3v) is 4.90. The topological polar surface area (TPSA) is 44.4 Å². The highest BCUT2D eigenvalue weighted by atomic mass is 32.1. The average Bonchev–Trinajstić information content (AvgIpc) is 2.69. The summed E-state index contributed by atoms with van der Waals surface area (Å²) in [6.07, 6.45) is 4.67. The van der Waals surface area contributed by atoms with E-state index in [0.717, 1.165) is 30.9 Å². The van der Waals surface area contributed by atoms with Gasteiger partial charge >= 0.3 is 0 Å². The van der Waals surface area contributed by atoms with Crippen LogP contribution in [0, 0.1) is 0 Å². The van der Waals surface area contributed by atoms with E-state index in [2.05, 4.69) is 28.5 Å². The summed E-state index contributed by atoms with van der Waals surface area (Å²) in [6.45, 7) is 4.21. The monoisotopic (exact) mass is 367 g/mol. The van der Waals surface area contributed by atoms with E-state index in [0.29, 0.717) is 10.7 Å². The molecule has 1 fully saturated rings. The predicted octanol–water partition coefficient (Wildman–Crippen LogP) is 4.37. The number of para-hydroxylation sites is 2. The Bertz CT molecular complexity index is 767. The van der Waals surface area contributed by atoms with E-state index in [9.17, 15) is 4.79 Å². The Morgan fingerprint density at radius 2 is 1.73 bits per heavy atom. The summed E-state index contributed by atoms with van der Waals surface area (Å²) >= 11 is 5.36. The minimum Gasteiger partial charge on any atom is -0.370 e. The summed E-state index contributed by atoms with van der Waals surface area (Å²) in [5.41, 5.74) is 3.88. The summed E-state index contributed by atoms with van der Waals surface area (Å²) < 4.78 is 0. The Kier molecular flexibility index (Phi) is 6.23. The molecular formula is C21H25N3OS. The first-order chi connectivity index (χ1) is 12.7. The zero-order chi connectivity index (χ0) is 18.4. The SMILES string of the molecule is CCc1ccc(C(=O)NC(=S)Nc2ccccc2N2CCCCC2)cc1.